The molecule has 2 aliphatic rings. The van der Waals surface area contributed by atoms with Crippen LogP contribution in [0.4, 0.5) is 5.82 Å². The van der Waals surface area contributed by atoms with Crippen molar-refractivity contribution in [1.29, 1.82) is 0 Å². The third kappa shape index (κ3) is 4.24. The maximum atomic E-state index is 13.4. The first-order valence-electron chi connectivity index (χ1n) is 11.3. The largest absolute Gasteiger partial charge is 0.495 e. The van der Waals surface area contributed by atoms with Crippen LogP contribution >= 0.6 is 0 Å². The summed E-state index contributed by atoms with van der Waals surface area (Å²) in [5, 5.41) is 4.38. The fourth-order valence-corrected chi connectivity index (χ4v) is 5.95. The minimum absolute atomic E-state index is 0.0434. The van der Waals surface area contributed by atoms with Crippen molar-refractivity contribution in [2.24, 2.45) is 0 Å². The zero-order chi connectivity index (χ0) is 23.0. The number of pyridine rings is 1. The van der Waals surface area contributed by atoms with E-state index >= 15 is 0 Å². The Morgan fingerprint density at radius 2 is 1.76 bits per heavy atom. The molecule has 0 spiro atoms. The van der Waals surface area contributed by atoms with E-state index < -0.39 is 10.0 Å². The van der Waals surface area contributed by atoms with Gasteiger partial charge in [-0.25, -0.2) is 13.4 Å². The molecule has 1 fully saturated rings. The van der Waals surface area contributed by atoms with Gasteiger partial charge in [-0.2, -0.15) is 0 Å². The molecule has 5 rings (SSSR count). The normalized spacial score (nSPS) is 16.7. The average Bonchev–Trinajstić information content (AvgIpc) is 3.47. The van der Waals surface area contributed by atoms with Gasteiger partial charge in [0, 0.05) is 12.6 Å². The van der Waals surface area contributed by atoms with Gasteiger partial charge in [0.2, 0.25) is 5.88 Å². The van der Waals surface area contributed by atoms with Crippen molar-refractivity contribution in [3.8, 4) is 11.6 Å². The summed E-state index contributed by atoms with van der Waals surface area (Å²) in [5.74, 6) is 0.633. The molecule has 1 aromatic carbocycles. The van der Waals surface area contributed by atoms with Crippen molar-refractivity contribution in [2.45, 2.75) is 50.0 Å². The lowest BCUT2D eigenvalue weighted by Crippen LogP contribution is -2.19. The molecule has 1 aliphatic heterocycles. The minimum atomic E-state index is -3.99. The van der Waals surface area contributed by atoms with Gasteiger partial charge < -0.3 is 14.0 Å². The molecule has 33 heavy (non-hydrogen) atoms. The maximum absolute atomic E-state index is 13.4. The summed E-state index contributed by atoms with van der Waals surface area (Å²) in [7, 11) is -1.02. The number of benzene rings is 1. The molecule has 0 saturated carbocycles. The number of rotatable bonds is 7. The molecule has 1 N–H and O–H groups in total. The predicted octanol–water partition coefficient (Wildman–Crippen LogP) is 3.52. The lowest BCUT2D eigenvalue weighted by molar-refractivity contribution is 0.323. The zero-order valence-electron chi connectivity index (χ0n) is 18.9. The molecule has 3 aromatic rings. The average molecular weight is 473 g/mol. The highest BCUT2D eigenvalue weighted by atomic mass is 32.2. The lowest BCUT2D eigenvalue weighted by Gasteiger charge is -2.19. The predicted molar refractivity (Wildman–Crippen MR) is 123 cm³/mol. The fraction of sp³-hybridized carbons (Fsp3) is 0.478. The number of hydrogen-bond acceptors (Lipinski definition) is 8. The van der Waals surface area contributed by atoms with E-state index in [-0.39, 0.29) is 16.6 Å². The van der Waals surface area contributed by atoms with Crippen LogP contribution in [0.1, 0.15) is 42.5 Å². The van der Waals surface area contributed by atoms with Crippen molar-refractivity contribution in [3.63, 3.8) is 0 Å². The molecule has 9 nitrogen and oxygen atoms in total. The van der Waals surface area contributed by atoms with E-state index in [1.54, 1.807) is 12.1 Å². The number of hydrogen-bond donors (Lipinski definition) is 1. The molecule has 2 aromatic heterocycles. The smallest absolute Gasteiger partial charge is 0.266 e. The van der Waals surface area contributed by atoms with Gasteiger partial charge in [0.25, 0.3) is 10.0 Å². The Morgan fingerprint density at radius 1 is 1.03 bits per heavy atom. The first-order chi connectivity index (χ1) is 16.0. The quantitative estimate of drug-likeness (QED) is 0.557. The second-order valence-corrected chi connectivity index (χ2v) is 10.2. The summed E-state index contributed by atoms with van der Waals surface area (Å²) < 4.78 is 45.7. The molecule has 10 heteroatoms. The molecular formula is C23H28N4O5S. The molecule has 176 valence electrons. The monoisotopic (exact) mass is 472 g/mol. The SMILES string of the molecule is COc1cc2c(cc1S(=O)(=O)Nc1noc3cc(CN4CCCC4)nc(OC)c13)CCCC2. The Morgan fingerprint density at radius 3 is 2.45 bits per heavy atom. The van der Waals surface area contributed by atoms with E-state index in [1.807, 2.05) is 6.07 Å². The number of aromatic nitrogens is 2. The first kappa shape index (κ1) is 22.0. The summed E-state index contributed by atoms with van der Waals surface area (Å²) in [6.07, 6.45) is 6.28. The van der Waals surface area contributed by atoms with E-state index in [1.165, 1.54) is 27.1 Å². The third-order valence-corrected chi connectivity index (χ3v) is 7.76. The second kappa shape index (κ2) is 8.83. The van der Waals surface area contributed by atoms with Gasteiger partial charge in [-0.1, -0.05) is 5.16 Å². The highest BCUT2D eigenvalue weighted by Crippen LogP contribution is 2.36. The second-order valence-electron chi connectivity index (χ2n) is 8.59. The van der Waals surface area contributed by atoms with Crippen LogP contribution in [0.2, 0.25) is 0 Å². The maximum Gasteiger partial charge on any atom is 0.266 e. The van der Waals surface area contributed by atoms with Crippen molar-refractivity contribution in [1.82, 2.24) is 15.0 Å². The van der Waals surface area contributed by atoms with Gasteiger partial charge in [0.1, 0.15) is 16.0 Å². The number of ether oxygens (including phenoxy) is 2. The summed E-state index contributed by atoms with van der Waals surface area (Å²) in [5.41, 5.74) is 3.40. The number of nitrogens with zero attached hydrogens (tertiary/aromatic N) is 3. The van der Waals surface area contributed by atoms with Crippen LogP contribution in [-0.4, -0.2) is 50.8 Å². The number of anilines is 1. The van der Waals surface area contributed by atoms with Crippen molar-refractivity contribution < 1.29 is 22.4 Å². The Hall–Kier alpha value is -2.85. The van der Waals surface area contributed by atoms with E-state index in [0.29, 0.717) is 23.3 Å². The molecule has 1 saturated heterocycles. The molecule has 0 unspecified atom stereocenters. The van der Waals surface area contributed by atoms with Gasteiger partial charge in [-0.3, -0.25) is 9.62 Å². The Kier molecular flexibility index (Phi) is 5.88. The zero-order valence-corrected chi connectivity index (χ0v) is 19.7. The molecule has 1 aliphatic carbocycles. The number of fused-ring (bicyclic) bond motifs is 2. The molecule has 0 bridgehead atoms. The molecular weight excluding hydrogens is 444 g/mol. The van der Waals surface area contributed by atoms with Gasteiger partial charge in [0.15, 0.2) is 11.4 Å². The van der Waals surface area contributed by atoms with Crippen LogP contribution in [-0.2, 0) is 29.4 Å². The van der Waals surface area contributed by atoms with Crippen molar-refractivity contribution in [3.05, 3.63) is 35.0 Å². The molecule has 3 heterocycles. The lowest BCUT2D eigenvalue weighted by atomic mass is 9.92. The molecule has 0 amide bonds. The van der Waals surface area contributed by atoms with Crippen molar-refractivity contribution in [2.75, 3.05) is 32.0 Å². The van der Waals surface area contributed by atoms with E-state index in [2.05, 4.69) is 19.8 Å². The van der Waals surface area contributed by atoms with E-state index in [4.69, 9.17) is 14.0 Å². The van der Waals surface area contributed by atoms with Gasteiger partial charge in [0.05, 0.1) is 19.9 Å². The fourth-order valence-electron chi connectivity index (χ4n) is 4.74. The van der Waals surface area contributed by atoms with Crippen LogP contribution in [0, 0.1) is 0 Å². The Bertz CT molecular complexity index is 1280. The van der Waals surface area contributed by atoms with Crippen LogP contribution in [0.15, 0.2) is 27.6 Å². The molecule has 0 atom stereocenters. The van der Waals surface area contributed by atoms with Gasteiger partial charge >= 0.3 is 0 Å². The summed E-state index contributed by atoms with van der Waals surface area (Å²) in [4.78, 5) is 6.98. The van der Waals surface area contributed by atoms with E-state index in [9.17, 15) is 8.42 Å². The Labute approximate surface area is 193 Å². The van der Waals surface area contributed by atoms with Crippen LogP contribution in [0.5, 0.6) is 11.6 Å². The van der Waals surface area contributed by atoms with Gasteiger partial charge in [-0.15, -0.1) is 0 Å². The third-order valence-electron chi connectivity index (χ3n) is 6.40. The first-order valence-corrected chi connectivity index (χ1v) is 12.7. The van der Waals surface area contributed by atoms with Crippen LogP contribution < -0.4 is 14.2 Å². The number of methoxy groups -OCH3 is 2. The van der Waals surface area contributed by atoms with E-state index in [0.717, 1.165) is 55.6 Å². The number of nitrogens with one attached hydrogen (secondary N) is 1. The topological polar surface area (TPSA) is 107 Å². The molecule has 0 radical (unpaired) electrons. The summed E-state index contributed by atoms with van der Waals surface area (Å²) in [6, 6.07) is 5.33. The van der Waals surface area contributed by atoms with Crippen LogP contribution in [0.25, 0.3) is 11.0 Å². The highest BCUT2D eigenvalue weighted by molar-refractivity contribution is 7.92. The van der Waals surface area contributed by atoms with Crippen molar-refractivity contribution >= 4 is 26.8 Å². The highest BCUT2D eigenvalue weighted by Gasteiger charge is 2.27. The number of likely N-dealkylation sites (tertiary alicyclic amines) is 1. The summed E-state index contributed by atoms with van der Waals surface area (Å²) in [6.45, 7) is 2.75. The number of sulfonamides is 1. The number of aryl methyl sites for hydroxylation is 2. The summed E-state index contributed by atoms with van der Waals surface area (Å²) >= 11 is 0. The minimum Gasteiger partial charge on any atom is -0.495 e. The standard InChI is InChI=1S/C23H28N4O5S/c1-30-18-11-15-7-3-4-8-16(15)12-20(18)33(28,29)26-22-21-19(32-25-22)13-17(24-23(21)31-2)14-27-9-5-6-10-27/h11-13H,3-10,14H2,1-2H3,(H,25,26). The van der Waals surface area contributed by atoms with Gasteiger partial charge in [-0.05, 0) is 74.9 Å². The van der Waals surface area contributed by atoms with Crippen LogP contribution in [0.3, 0.4) is 0 Å². The Balaban J connectivity index is 1.49.